The Morgan fingerprint density at radius 2 is 1.50 bits per heavy atom. The van der Waals surface area contributed by atoms with Crippen molar-refractivity contribution >= 4 is 16.1 Å². The van der Waals surface area contributed by atoms with Crippen LogP contribution < -0.4 is 0 Å². The quantitative estimate of drug-likeness (QED) is 0.753. The number of hydrogen-bond donors (Lipinski definition) is 0. The minimum Gasteiger partial charge on any atom is -0.273 e. The average Bonchev–Trinajstić information content (AvgIpc) is 2.12. The van der Waals surface area contributed by atoms with Gasteiger partial charge in [0.05, 0.1) is 0 Å². The molecular formula is C10H22N2O3S. The fourth-order valence-electron chi connectivity index (χ4n) is 1.04. The van der Waals surface area contributed by atoms with E-state index in [0.717, 1.165) is 4.31 Å². The van der Waals surface area contributed by atoms with Gasteiger partial charge in [-0.05, 0) is 13.8 Å². The molecule has 0 fully saturated rings. The molecular weight excluding hydrogens is 228 g/mol. The molecule has 5 nitrogen and oxygen atoms in total. The molecule has 0 saturated heterocycles. The van der Waals surface area contributed by atoms with Crippen LogP contribution in [0, 0.1) is 5.41 Å². The number of amides is 1. The lowest BCUT2D eigenvalue weighted by molar-refractivity contribution is -0.133. The molecule has 0 N–H and O–H groups in total. The Hall–Kier alpha value is -0.620. The van der Waals surface area contributed by atoms with Gasteiger partial charge >= 0.3 is 10.2 Å². The maximum atomic E-state index is 12.0. The van der Waals surface area contributed by atoms with Crippen molar-refractivity contribution < 1.29 is 13.2 Å². The highest BCUT2D eigenvalue weighted by Crippen LogP contribution is 2.20. The predicted octanol–water partition coefficient (Wildman–Crippen LogP) is 1.08. The summed E-state index contributed by atoms with van der Waals surface area (Å²) in [6.45, 7) is 8.59. The second-order valence-corrected chi connectivity index (χ2v) is 7.16. The largest absolute Gasteiger partial charge is 0.306 e. The molecule has 0 aromatic rings. The predicted molar refractivity (Wildman–Crippen MR) is 64.0 cm³/mol. The van der Waals surface area contributed by atoms with Crippen LogP contribution in [0.2, 0.25) is 0 Å². The Morgan fingerprint density at radius 1 is 1.12 bits per heavy atom. The Morgan fingerprint density at radius 3 is 1.75 bits per heavy atom. The van der Waals surface area contributed by atoms with Crippen LogP contribution in [0.1, 0.15) is 34.6 Å². The summed E-state index contributed by atoms with van der Waals surface area (Å²) in [6, 6.07) is -0.180. The molecule has 0 heterocycles. The van der Waals surface area contributed by atoms with E-state index in [4.69, 9.17) is 0 Å². The third-order valence-corrected chi connectivity index (χ3v) is 4.37. The van der Waals surface area contributed by atoms with Gasteiger partial charge in [-0.15, -0.1) is 0 Å². The zero-order valence-electron chi connectivity index (χ0n) is 11.1. The van der Waals surface area contributed by atoms with Gasteiger partial charge in [-0.25, -0.2) is 4.31 Å². The van der Waals surface area contributed by atoms with Crippen molar-refractivity contribution in [2.24, 2.45) is 5.41 Å². The van der Waals surface area contributed by atoms with Crippen molar-refractivity contribution in [1.29, 1.82) is 0 Å². The summed E-state index contributed by atoms with van der Waals surface area (Å²) in [7, 11) is -0.945. The van der Waals surface area contributed by atoms with E-state index in [1.807, 2.05) is 0 Å². The summed E-state index contributed by atoms with van der Waals surface area (Å²) in [6.07, 6.45) is 0. The third-order valence-electron chi connectivity index (χ3n) is 2.36. The second-order valence-electron chi connectivity index (χ2n) is 5.14. The molecule has 0 radical (unpaired) electrons. The number of hydrogen-bond acceptors (Lipinski definition) is 3. The van der Waals surface area contributed by atoms with Crippen LogP contribution in [0.25, 0.3) is 0 Å². The van der Waals surface area contributed by atoms with E-state index >= 15 is 0 Å². The van der Waals surface area contributed by atoms with Crippen LogP contribution in [0.3, 0.4) is 0 Å². The fourth-order valence-corrected chi connectivity index (χ4v) is 2.44. The van der Waals surface area contributed by atoms with Crippen LogP contribution in [0.4, 0.5) is 0 Å². The van der Waals surface area contributed by atoms with E-state index < -0.39 is 21.5 Å². The van der Waals surface area contributed by atoms with Crippen LogP contribution in [0.5, 0.6) is 0 Å². The van der Waals surface area contributed by atoms with Gasteiger partial charge in [0, 0.05) is 25.6 Å². The molecule has 6 heteroatoms. The molecule has 0 saturated carbocycles. The van der Waals surface area contributed by atoms with Gasteiger partial charge in [0.2, 0.25) is 5.91 Å². The van der Waals surface area contributed by atoms with Gasteiger partial charge < -0.3 is 0 Å². The molecule has 0 aliphatic carbocycles. The molecule has 0 aromatic heterocycles. The van der Waals surface area contributed by atoms with Crippen molar-refractivity contribution in [3.05, 3.63) is 0 Å². The zero-order valence-corrected chi connectivity index (χ0v) is 11.9. The van der Waals surface area contributed by atoms with E-state index in [-0.39, 0.29) is 6.04 Å². The maximum absolute atomic E-state index is 12.0. The molecule has 0 aliphatic rings. The van der Waals surface area contributed by atoms with Gasteiger partial charge in [0.15, 0.2) is 0 Å². The highest BCUT2D eigenvalue weighted by atomic mass is 32.2. The normalized spacial score (nSPS) is 13.3. The molecule has 0 spiro atoms. The molecule has 16 heavy (non-hydrogen) atoms. The minimum absolute atomic E-state index is 0.180. The molecule has 1 amide bonds. The number of carbonyl (C=O) groups excluding carboxylic acids is 1. The minimum atomic E-state index is -3.70. The number of nitrogens with zero attached hydrogens (tertiary/aromatic N) is 2. The van der Waals surface area contributed by atoms with Crippen LogP contribution in [0.15, 0.2) is 0 Å². The summed E-state index contributed by atoms with van der Waals surface area (Å²) in [4.78, 5) is 11.9. The SMILES string of the molecule is CC(C)N(C)S(=O)(=O)N(C)C(=O)C(C)(C)C. The fraction of sp³-hybridized carbons (Fsp3) is 0.900. The highest BCUT2D eigenvalue weighted by molar-refractivity contribution is 7.87. The topological polar surface area (TPSA) is 57.7 Å². The Balaban J connectivity index is 5.15. The van der Waals surface area contributed by atoms with Gasteiger partial charge in [-0.1, -0.05) is 20.8 Å². The first-order chi connectivity index (χ1) is 6.92. The van der Waals surface area contributed by atoms with Gasteiger partial charge in [-0.2, -0.15) is 12.7 Å². The number of carbonyl (C=O) groups is 1. The Bertz CT molecular complexity index is 355. The van der Waals surface area contributed by atoms with Crippen LogP contribution in [-0.4, -0.2) is 43.1 Å². The van der Waals surface area contributed by atoms with Crippen LogP contribution in [-0.2, 0) is 15.0 Å². The molecule has 0 aliphatic heterocycles. The monoisotopic (exact) mass is 250 g/mol. The first-order valence-corrected chi connectivity index (χ1v) is 6.58. The molecule has 0 bridgehead atoms. The van der Waals surface area contributed by atoms with E-state index in [0.29, 0.717) is 0 Å². The standard InChI is InChI=1S/C10H22N2O3S/c1-8(2)11(6)16(14,15)12(7)9(13)10(3,4)5/h8H,1-7H3. The summed E-state index contributed by atoms with van der Waals surface area (Å²) >= 11 is 0. The first-order valence-electron chi connectivity index (χ1n) is 5.18. The highest BCUT2D eigenvalue weighted by Gasteiger charge is 2.35. The summed E-state index contributed by atoms with van der Waals surface area (Å²) < 4.78 is 26.0. The third kappa shape index (κ3) is 3.18. The lowest BCUT2D eigenvalue weighted by atomic mass is 9.96. The Labute approximate surface area is 98.6 Å². The summed E-state index contributed by atoms with van der Waals surface area (Å²) in [5.74, 6) is -0.417. The summed E-state index contributed by atoms with van der Waals surface area (Å²) in [5, 5.41) is 0. The van der Waals surface area contributed by atoms with Gasteiger partial charge in [0.25, 0.3) is 0 Å². The smallest absolute Gasteiger partial charge is 0.273 e. The lowest BCUT2D eigenvalue weighted by Gasteiger charge is -2.30. The van der Waals surface area contributed by atoms with Gasteiger partial charge in [0.1, 0.15) is 0 Å². The second kappa shape index (κ2) is 4.71. The zero-order chi connectivity index (χ0) is 13.3. The van der Waals surface area contributed by atoms with Crippen molar-refractivity contribution in [2.75, 3.05) is 14.1 Å². The van der Waals surface area contributed by atoms with E-state index in [1.165, 1.54) is 18.4 Å². The summed E-state index contributed by atoms with van der Waals surface area (Å²) in [5.41, 5.74) is -0.709. The van der Waals surface area contributed by atoms with Crippen molar-refractivity contribution in [3.63, 3.8) is 0 Å². The van der Waals surface area contributed by atoms with E-state index in [1.54, 1.807) is 34.6 Å². The van der Waals surface area contributed by atoms with E-state index in [9.17, 15) is 13.2 Å². The molecule has 0 aromatic carbocycles. The average molecular weight is 250 g/mol. The van der Waals surface area contributed by atoms with Crippen molar-refractivity contribution in [3.8, 4) is 0 Å². The lowest BCUT2D eigenvalue weighted by Crippen LogP contribution is -2.48. The van der Waals surface area contributed by atoms with Crippen molar-refractivity contribution in [1.82, 2.24) is 8.61 Å². The molecule has 96 valence electrons. The molecule has 0 unspecified atom stereocenters. The van der Waals surface area contributed by atoms with Crippen LogP contribution >= 0.6 is 0 Å². The number of rotatable bonds is 3. The molecule has 0 rings (SSSR count). The Kier molecular flexibility index (Phi) is 4.53. The van der Waals surface area contributed by atoms with E-state index in [2.05, 4.69) is 0 Å². The maximum Gasteiger partial charge on any atom is 0.306 e. The molecule has 0 atom stereocenters. The first kappa shape index (κ1) is 15.4. The van der Waals surface area contributed by atoms with Gasteiger partial charge in [-0.3, -0.25) is 4.79 Å². The van der Waals surface area contributed by atoms with Crippen molar-refractivity contribution in [2.45, 2.75) is 40.7 Å².